The summed E-state index contributed by atoms with van der Waals surface area (Å²) >= 11 is 11.9. The van der Waals surface area contributed by atoms with Crippen molar-refractivity contribution in [1.82, 2.24) is 4.31 Å². The van der Waals surface area contributed by atoms with Crippen LogP contribution in [-0.2, 0) is 10.0 Å². The Morgan fingerprint density at radius 2 is 2.00 bits per heavy atom. The number of aliphatic hydroxyl groups excluding tert-OH is 1. The van der Waals surface area contributed by atoms with E-state index in [2.05, 4.69) is 0 Å². The Hall–Kier alpha value is -0.330. The van der Waals surface area contributed by atoms with Gasteiger partial charge in [0.15, 0.2) is 0 Å². The molecule has 7 heteroatoms. The van der Waals surface area contributed by atoms with E-state index in [4.69, 9.17) is 23.2 Å². The Kier molecular flexibility index (Phi) is 5.31. The Bertz CT molecular complexity index is 577. The van der Waals surface area contributed by atoms with Crippen LogP contribution < -0.4 is 0 Å². The normalized spacial score (nSPS) is 21.6. The van der Waals surface area contributed by atoms with Crippen LogP contribution in [0.3, 0.4) is 0 Å². The predicted octanol–water partition coefficient (Wildman–Crippen LogP) is 2.92. The van der Waals surface area contributed by atoms with E-state index in [0.717, 1.165) is 19.3 Å². The van der Waals surface area contributed by atoms with Gasteiger partial charge in [0.1, 0.15) is 4.90 Å². The van der Waals surface area contributed by atoms with Crippen molar-refractivity contribution in [1.29, 1.82) is 0 Å². The van der Waals surface area contributed by atoms with Crippen molar-refractivity contribution >= 4 is 33.2 Å². The second kappa shape index (κ2) is 6.62. The summed E-state index contributed by atoms with van der Waals surface area (Å²) < 4.78 is 26.9. The van der Waals surface area contributed by atoms with Gasteiger partial charge in [0.05, 0.1) is 16.7 Å². The average molecular weight is 338 g/mol. The SMILES string of the molecule is O=S(=O)(c1cccc(Cl)c1Cl)N1CCCCCC1CO. The lowest BCUT2D eigenvalue weighted by Gasteiger charge is -2.28. The molecule has 0 radical (unpaired) electrons. The van der Waals surface area contributed by atoms with Crippen molar-refractivity contribution in [2.45, 2.75) is 36.6 Å². The van der Waals surface area contributed by atoms with E-state index in [-0.39, 0.29) is 21.5 Å². The summed E-state index contributed by atoms with van der Waals surface area (Å²) in [4.78, 5) is 0.00650. The van der Waals surface area contributed by atoms with Gasteiger partial charge in [-0.25, -0.2) is 8.42 Å². The van der Waals surface area contributed by atoms with Crippen LogP contribution in [0.1, 0.15) is 25.7 Å². The lowest BCUT2D eigenvalue weighted by atomic mass is 10.1. The summed E-state index contributed by atoms with van der Waals surface area (Å²) in [6.45, 7) is 0.216. The van der Waals surface area contributed by atoms with Gasteiger partial charge in [0.2, 0.25) is 10.0 Å². The molecule has 1 heterocycles. The van der Waals surface area contributed by atoms with Gasteiger partial charge in [-0.15, -0.1) is 0 Å². The largest absolute Gasteiger partial charge is 0.395 e. The maximum Gasteiger partial charge on any atom is 0.244 e. The maximum absolute atomic E-state index is 12.8. The summed E-state index contributed by atoms with van der Waals surface area (Å²) in [5.41, 5.74) is 0. The Balaban J connectivity index is 2.44. The Morgan fingerprint density at radius 1 is 1.25 bits per heavy atom. The minimum atomic E-state index is -3.74. The minimum absolute atomic E-state index is 0.00650. The molecule has 1 fully saturated rings. The first kappa shape index (κ1) is 16.0. The second-order valence-corrected chi connectivity index (χ2v) is 7.50. The highest BCUT2D eigenvalue weighted by Crippen LogP contribution is 2.33. The number of nitrogens with zero attached hydrogens (tertiary/aromatic N) is 1. The summed E-state index contributed by atoms with van der Waals surface area (Å²) in [5, 5.41) is 9.70. The molecule has 0 aliphatic carbocycles. The van der Waals surface area contributed by atoms with E-state index >= 15 is 0 Å². The number of hydrogen-bond donors (Lipinski definition) is 1. The van der Waals surface area contributed by atoms with Crippen LogP contribution in [0.15, 0.2) is 23.1 Å². The zero-order valence-corrected chi connectivity index (χ0v) is 13.3. The van der Waals surface area contributed by atoms with Gasteiger partial charge < -0.3 is 5.11 Å². The van der Waals surface area contributed by atoms with Gasteiger partial charge in [0.25, 0.3) is 0 Å². The monoisotopic (exact) mass is 337 g/mol. The van der Waals surface area contributed by atoms with Crippen molar-refractivity contribution in [2.24, 2.45) is 0 Å². The first-order valence-corrected chi connectivity index (χ1v) is 8.75. The summed E-state index contributed by atoms with van der Waals surface area (Å²) in [6.07, 6.45) is 3.33. The lowest BCUT2D eigenvalue weighted by molar-refractivity contribution is 0.186. The molecule has 1 N–H and O–H groups in total. The van der Waals surface area contributed by atoms with Crippen molar-refractivity contribution in [3.63, 3.8) is 0 Å². The molecule has 0 amide bonds. The number of hydrogen-bond acceptors (Lipinski definition) is 3. The summed E-state index contributed by atoms with van der Waals surface area (Å²) in [6, 6.07) is 4.17. The molecule has 1 aromatic rings. The van der Waals surface area contributed by atoms with Crippen molar-refractivity contribution in [3.05, 3.63) is 28.2 Å². The third-order valence-corrected chi connectivity index (χ3v) is 6.46. The molecule has 2 rings (SSSR count). The van der Waals surface area contributed by atoms with E-state index in [0.29, 0.717) is 13.0 Å². The molecule has 1 aliphatic heterocycles. The Morgan fingerprint density at radius 3 is 2.70 bits per heavy atom. The lowest BCUT2D eigenvalue weighted by Crippen LogP contribution is -2.42. The molecular weight excluding hydrogens is 321 g/mol. The average Bonchev–Trinajstić information content (AvgIpc) is 2.67. The topological polar surface area (TPSA) is 57.6 Å². The van der Waals surface area contributed by atoms with Gasteiger partial charge in [-0.1, -0.05) is 42.1 Å². The van der Waals surface area contributed by atoms with Crippen LogP contribution in [-0.4, -0.2) is 37.0 Å². The van der Waals surface area contributed by atoms with Gasteiger partial charge in [-0.05, 0) is 25.0 Å². The number of rotatable bonds is 3. The molecular formula is C13H17Cl2NO3S. The molecule has 112 valence electrons. The highest BCUT2D eigenvalue weighted by atomic mass is 35.5. The van der Waals surface area contributed by atoms with Crippen molar-refractivity contribution < 1.29 is 13.5 Å². The molecule has 0 saturated carbocycles. The predicted molar refractivity (Wildman–Crippen MR) is 79.7 cm³/mol. The fraction of sp³-hybridized carbons (Fsp3) is 0.538. The summed E-state index contributed by atoms with van der Waals surface area (Å²) in [5.74, 6) is 0. The Labute approximate surface area is 129 Å². The van der Waals surface area contributed by atoms with Crippen molar-refractivity contribution in [2.75, 3.05) is 13.2 Å². The molecule has 1 aliphatic rings. The molecule has 1 atom stereocenters. The van der Waals surface area contributed by atoms with Crippen LogP contribution in [0.4, 0.5) is 0 Å². The van der Waals surface area contributed by atoms with Gasteiger partial charge in [0, 0.05) is 12.6 Å². The zero-order valence-electron chi connectivity index (χ0n) is 10.9. The van der Waals surface area contributed by atoms with Crippen molar-refractivity contribution in [3.8, 4) is 0 Å². The molecule has 0 spiro atoms. The van der Waals surface area contributed by atoms with Gasteiger partial charge >= 0.3 is 0 Å². The van der Waals surface area contributed by atoms with E-state index in [9.17, 15) is 13.5 Å². The summed E-state index contributed by atoms with van der Waals surface area (Å²) in [7, 11) is -3.74. The first-order valence-electron chi connectivity index (χ1n) is 6.55. The first-order chi connectivity index (χ1) is 9.48. The van der Waals surface area contributed by atoms with Crippen LogP contribution in [0.25, 0.3) is 0 Å². The molecule has 0 aromatic heterocycles. The van der Waals surface area contributed by atoms with E-state index < -0.39 is 16.1 Å². The van der Waals surface area contributed by atoms with E-state index in [1.165, 1.54) is 10.4 Å². The number of aliphatic hydroxyl groups is 1. The second-order valence-electron chi connectivity index (χ2n) is 4.85. The number of sulfonamides is 1. The van der Waals surface area contributed by atoms with Crippen LogP contribution in [0.5, 0.6) is 0 Å². The molecule has 1 aromatic carbocycles. The van der Waals surface area contributed by atoms with Gasteiger partial charge in [-0.2, -0.15) is 4.31 Å². The molecule has 20 heavy (non-hydrogen) atoms. The smallest absolute Gasteiger partial charge is 0.244 e. The van der Waals surface area contributed by atoms with Crippen LogP contribution in [0.2, 0.25) is 10.0 Å². The van der Waals surface area contributed by atoms with Crippen LogP contribution >= 0.6 is 23.2 Å². The van der Waals surface area contributed by atoms with E-state index in [1.54, 1.807) is 12.1 Å². The highest BCUT2D eigenvalue weighted by Gasteiger charge is 2.33. The molecule has 1 saturated heterocycles. The highest BCUT2D eigenvalue weighted by molar-refractivity contribution is 7.89. The maximum atomic E-state index is 12.8. The number of benzene rings is 1. The molecule has 4 nitrogen and oxygen atoms in total. The quantitative estimate of drug-likeness (QED) is 0.922. The third-order valence-electron chi connectivity index (χ3n) is 3.54. The van der Waals surface area contributed by atoms with E-state index in [1.807, 2.05) is 0 Å². The van der Waals surface area contributed by atoms with Crippen LogP contribution in [0, 0.1) is 0 Å². The fourth-order valence-electron chi connectivity index (χ4n) is 2.46. The minimum Gasteiger partial charge on any atom is -0.395 e. The molecule has 0 bridgehead atoms. The molecule has 1 unspecified atom stereocenters. The third kappa shape index (κ3) is 3.12. The zero-order chi connectivity index (χ0) is 14.8. The van der Waals surface area contributed by atoms with Gasteiger partial charge in [-0.3, -0.25) is 0 Å². The fourth-order valence-corrected chi connectivity index (χ4v) is 4.88. The standard InChI is InChI=1S/C13H17Cl2NO3S/c14-11-6-4-7-12(13(11)15)20(18,19)16-8-3-1-2-5-10(16)9-17/h4,6-7,10,17H,1-3,5,8-9H2. The number of halogens is 2.